The molecule has 0 unspecified atom stereocenters. The van der Waals surface area contributed by atoms with Gasteiger partial charge in [0.05, 0.1) is 17.8 Å². The summed E-state index contributed by atoms with van der Waals surface area (Å²) >= 11 is 0. The van der Waals surface area contributed by atoms with Gasteiger partial charge in [0, 0.05) is 18.3 Å². The number of ether oxygens (including phenoxy) is 1. The Labute approximate surface area is 148 Å². The smallest absolute Gasteiger partial charge is 0.336 e. The molecule has 0 aliphatic carbocycles. The maximum absolute atomic E-state index is 11.2. The van der Waals surface area contributed by atoms with Crippen molar-refractivity contribution in [2.75, 3.05) is 11.9 Å². The molecule has 1 aromatic carbocycles. The predicted octanol–water partition coefficient (Wildman–Crippen LogP) is 4.12. The van der Waals surface area contributed by atoms with Gasteiger partial charge in [-0.2, -0.15) is 0 Å². The topological polar surface area (TPSA) is 71.5 Å². The number of anilines is 1. The van der Waals surface area contributed by atoms with E-state index in [1.54, 1.807) is 6.92 Å². The van der Waals surface area contributed by atoms with Crippen molar-refractivity contribution in [3.8, 4) is 0 Å². The fraction of sp³-hybridized carbons (Fsp3) is 0.400. The normalized spacial score (nSPS) is 20.2. The molecule has 1 aliphatic rings. The molecule has 0 radical (unpaired) electrons. The minimum Gasteiger partial charge on any atom is -0.478 e. The van der Waals surface area contributed by atoms with E-state index >= 15 is 0 Å². The number of aromatic carboxylic acids is 1. The van der Waals surface area contributed by atoms with Crippen LogP contribution in [0.3, 0.4) is 0 Å². The summed E-state index contributed by atoms with van der Waals surface area (Å²) in [6, 6.07) is 10.0. The zero-order valence-corrected chi connectivity index (χ0v) is 14.7. The minimum atomic E-state index is -0.934. The van der Waals surface area contributed by atoms with Crippen molar-refractivity contribution in [1.82, 2.24) is 4.98 Å². The summed E-state index contributed by atoms with van der Waals surface area (Å²) in [6.45, 7) is 4.48. The number of hydrogen-bond acceptors (Lipinski definition) is 4. The number of carbonyl (C=O) groups is 1. The van der Waals surface area contributed by atoms with E-state index in [4.69, 9.17) is 4.74 Å². The van der Waals surface area contributed by atoms with Crippen LogP contribution in [-0.4, -0.2) is 28.7 Å². The molecule has 1 saturated heterocycles. The summed E-state index contributed by atoms with van der Waals surface area (Å²) in [6.07, 6.45) is 4.88. The van der Waals surface area contributed by atoms with Gasteiger partial charge in [0.1, 0.15) is 5.82 Å². The molecule has 1 fully saturated rings. The lowest BCUT2D eigenvalue weighted by atomic mass is 9.97. The van der Waals surface area contributed by atoms with Crippen LogP contribution in [0.4, 0.5) is 5.82 Å². The largest absolute Gasteiger partial charge is 0.478 e. The van der Waals surface area contributed by atoms with E-state index in [9.17, 15) is 9.90 Å². The van der Waals surface area contributed by atoms with Gasteiger partial charge in [-0.25, -0.2) is 9.78 Å². The molecule has 3 rings (SSSR count). The van der Waals surface area contributed by atoms with Gasteiger partial charge in [-0.3, -0.25) is 0 Å². The van der Waals surface area contributed by atoms with E-state index in [0.717, 1.165) is 19.3 Å². The molecule has 0 amide bonds. The van der Waals surface area contributed by atoms with Crippen molar-refractivity contribution >= 4 is 11.8 Å². The highest BCUT2D eigenvalue weighted by Crippen LogP contribution is 2.31. The molecule has 5 heteroatoms. The summed E-state index contributed by atoms with van der Waals surface area (Å²) in [5.41, 5.74) is 3.40. The van der Waals surface area contributed by atoms with Crippen molar-refractivity contribution in [3.05, 3.63) is 58.8 Å². The molecule has 0 bridgehead atoms. The Hall–Kier alpha value is -2.40. The lowest BCUT2D eigenvalue weighted by molar-refractivity contribution is -0.0442. The Morgan fingerprint density at radius 1 is 1.24 bits per heavy atom. The third kappa shape index (κ3) is 4.17. The van der Waals surface area contributed by atoms with Crippen molar-refractivity contribution in [2.24, 2.45) is 0 Å². The Balaban J connectivity index is 1.63. The summed E-state index contributed by atoms with van der Waals surface area (Å²) in [4.78, 5) is 15.5. The van der Waals surface area contributed by atoms with Crippen molar-refractivity contribution in [3.63, 3.8) is 0 Å². The van der Waals surface area contributed by atoms with Gasteiger partial charge in [-0.1, -0.05) is 29.8 Å². The Morgan fingerprint density at radius 3 is 2.72 bits per heavy atom. The standard InChI is InChI=1S/C20H24N2O3/c1-13-6-8-15(9-7-13)18-5-3-4-16(25-18)12-22-19-14(2)17(20(23)24)10-11-21-19/h6-11,16,18H,3-5,12H2,1-2H3,(H,21,22)(H,23,24)/t16-,18+/m1/s1. The van der Waals surface area contributed by atoms with E-state index in [1.807, 2.05) is 0 Å². The van der Waals surface area contributed by atoms with Crippen LogP contribution in [0.25, 0.3) is 0 Å². The zero-order valence-electron chi connectivity index (χ0n) is 14.7. The summed E-state index contributed by atoms with van der Waals surface area (Å²) in [5.74, 6) is -0.322. The Bertz CT molecular complexity index is 743. The average Bonchev–Trinajstić information content (AvgIpc) is 2.61. The third-order valence-corrected chi connectivity index (χ3v) is 4.73. The van der Waals surface area contributed by atoms with Gasteiger partial charge in [-0.05, 0) is 44.7 Å². The molecule has 2 N–H and O–H groups in total. The van der Waals surface area contributed by atoms with Crippen LogP contribution in [0.5, 0.6) is 0 Å². The van der Waals surface area contributed by atoms with Crippen LogP contribution >= 0.6 is 0 Å². The second-order valence-corrected chi connectivity index (χ2v) is 6.61. The highest BCUT2D eigenvalue weighted by molar-refractivity contribution is 5.90. The molecule has 0 saturated carbocycles. The summed E-state index contributed by atoms with van der Waals surface area (Å²) in [7, 11) is 0. The van der Waals surface area contributed by atoms with Gasteiger partial charge >= 0.3 is 5.97 Å². The average molecular weight is 340 g/mol. The second kappa shape index (κ2) is 7.66. The Kier molecular flexibility index (Phi) is 5.34. The van der Waals surface area contributed by atoms with Gasteiger partial charge < -0.3 is 15.2 Å². The lowest BCUT2D eigenvalue weighted by Gasteiger charge is -2.31. The van der Waals surface area contributed by atoms with Gasteiger partial charge in [0.15, 0.2) is 0 Å². The van der Waals surface area contributed by atoms with Gasteiger partial charge in [-0.15, -0.1) is 0 Å². The Morgan fingerprint density at radius 2 is 2.00 bits per heavy atom. The molecule has 2 aromatic rings. The fourth-order valence-corrected chi connectivity index (χ4v) is 3.23. The van der Waals surface area contributed by atoms with Crippen LogP contribution in [0.1, 0.15) is 52.4 Å². The number of carboxylic acids is 1. The van der Waals surface area contributed by atoms with E-state index in [2.05, 4.69) is 41.5 Å². The molecule has 0 spiro atoms. The molecule has 5 nitrogen and oxygen atoms in total. The van der Waals surface area contributed by atoms with Crippen molar-refractivity contribution in [1.29, 1.82) is 0 Å². The van der Waals surface area contributed by atoms with Crippen molar-refractivity contribution in [2.45, 2.75) is 45.3 Å². The van der Waals surface area contributed by atoms with Gasteiger partial charge in [0.2, 0.25) is 0 Å². The highest BCUT2D eigenvalue weighted by atomic mass is 16.5. The maximum Gasteiger partial charge on any atom is 0.336 e. The first kappa shape index (κ1) is 17.4. The van der Waals surface area contributed by atoms with Crippen molar-refractivity contribution < 1.29 is 14.6 Å². The van der Waals surface area contributed by atoms with E-state index < -0.39 is 5.97 Å². The molecule has 132 valence electrons. The first-order valence-electron chi connectivity index (χ1n) is 8.69. The maximum atomic E-state index is 11.2. The first-order chi connectivity index (χ1) is 12.0. The van der Waals surface area contributed by atoms with E-state index in [0.29, 0.717) is 17.9 Å². The third-order valence-electron chi connectivity index (χ3n) is 4.73. The number of hydrogen-bond donors (Lipinski definition) is 2. The monoisotopic (exact) mass is 340 g/mol. The predicted molar refractivity (Wildman–Crippen MR) is 97.1 cm³/mol. The highest BCUT2D eigenvalue weighted by Gasteiger charge is 2.24. The zero-order chi connectivity index (χ0) is 17.8. The number of nitrogens with one attached hydrogen (secondary N) is 1. The van der Waals surface area contributed by atoms with Crippen LogP contribution < -0.4 is 5.32 Å². The number of nitrogens with zero attached hydrogens (tertiary/aromatic N) is 1. The van der Waals surface area contributed by atoms with Crippen LogP contribution in [0.15, 0.2) is 36.5 Å². The number of aromatic nitrogens is 1. The molecular formula is C20H24N2O3. The molecule has 2 heterocycles. The molecule has 2 atom stereocenters. The summed E-state index contributed by atoms with van der Waals surface area (Å²) in [5, 5.41) is 12.5. The second-order valence-electron chi connectivity index (χ2n) is 6.61. The number of benzene rings is 1. The quantitative estimate of drug-likeness (QED) is 0.857. The van der Waals surface area contributed by atoms with E-state index in [1.165, 1.54) is 23.4 Å². The number of aryl methyl sites for hydroxylation is 1. The number of carboxylic acid groups (broad SMARTS) is 1. The van der Waals surface area contributed by atoms with Crippen LogP contribution in [0, 0.1) is 13.8 Å². The fourth-order valence-electron chi connectivity index (χ4n) is 3.23. The number of rotatable bonds is 5. The van der Waals surface area contributed by atoms with Crippen LogP contribution in [0.2, 0.25) is 0 Å². The van der Waals surface area contributed by atoms with Gasteiger partial charge in [0.25, 0.3) is 0 Å². The molecular weight excluding hydrogens is 316 g/mol. The minimum absolute atomic E-state index is 0.0923. The number of pyridine rings is 1. The van der Waals surface area contributed by atoms with E-state index in [-0.39, 0.29) is 17.8 Å². The first-order valence-corrected chi connectivity index (χ1v) is 8.69. The SMILES string of the molecule is Cc1ccc([C@@H]2CCC[C@H](CNc3nccc(C(=O)O)c3C)O2)cc1. The molecule has 1 aromatic heterocycles. The lowest BCUT2D eigenvalue weighted by Crippen LogP contribution is -2.29. The molecule has 25 heavy (non-hydrogen) atoms. The molecule has 1 aliphatic heterocycles. The summed E-state index contributed by atoms with van der Waals surface area (Å²) < 4.78 is 6.25. The van der Waals surface area contributed by atoms with Crippen LogP contribution in [-0.2, 0) is 4.74 Å².